The largest absolute Gasteiger partial charge is 0.317 e. The molecule has 21 heavy (non-hydrogen) atoms. The van der Waals surface area contributed by atoms with Crippen LogP contribution < -0.4 is 5.32 Å². The highest BCUT2D eigenvalue weighted by Gasteiger charge is 2.40. The van der Waals surface area contributed by atoms with E-state index in [9.17, 15) is 4.79 Å². The topological polar surface area (TPSA) is 59.8 Å². The Morgan fingerprint density at radius 1 is 1.24 bits per heavy atom. The van der Waals surface area contributed by atoms with Gasteiger partial charge in [-0.15, -0.1) is 5.10 Å². The second kappa shape index (κ2) is 5.52. The van der Waals surface area contributed by atoms with E-state index in [0.29, 0.717) is 24.1 Å². The van der Waals surface area contributed by atoms with Crippen LogP contribution in [0.5, 0.6) is 0 Å². The number of fused-ring (bicyclic) bond motifs is 2. The SMILES string of the molecule is O=C(CC1CC2CCC1C2)c1cn(C2CCNCC2)nn1. The molecule has 2 aliphatic carbocycles. The molecule has 3 aliphatic rings. The van der Waals surface area contributed by atoms with E-state index in [0.717, 1.165) is 37.8 Å². The molecule has 3 fully saturated rings. The van der Waals surface area contributed by atoms with Crippen molar-refractivity contribution in [3.63, 3.8) is 0 Å². The average Bonchev–Trinajstić information content (AvgIpc) is 3.24. The monoisotopic (exact) mass is 288 g/mol. The van der Waals surface area contributed by atoms with Crippen molar-refractivity contribution in [2.75, 3.05) is 13.1 Å². The summed E-state index contributed by atoms with van der Waals surface area (Å²) in [7, 11) is 0. The van der Waals surface area contributed by atoms with Gasteiger partial charge in [-0.2, -0.15) is 0 Å². The van der Waals surface area contributed by atoms with Gasteiger partial charge in [-0.1, -0.05) is 11.6 Å². The summed E-state index contributed by atoms with van der Waals surface area (Å²) in [6.07, 6.45) is 10.1. The smallest absolute Gasteiger partial charge is 0.185 e. The highest BCUT2D eigenvalue weighted by Crippen LogP contribution is 2.49. The minimum atomic E-state index is 0.202. The lowest BCUT2D eigenvalue weighted by Gasteiger charge is -2.22. The first-order chi connectivity index (χ1) is 10.3. The van der Waals surface area contributed by atoms with Gasteiger partial charge in [0.1, 0.15) is 5.69 Å². The summed E-state index contributed by atoms with van der Waals surface area (Å²) in [6, 6.07) is 0.405. The van der Waals surface area contributed by atoms with Crippen LogP contribution in [0.15, 0.2) is 6.20 Å². The number of rotatable bonds is 4. The number of aromatic nitrogens is 3. The second-order valence-electron chi connectivity index (χ2n) is 7.13. The van der Waals surface area contributed by atoms with Crippen molar-refractivity contribution in [3.05, 3.63) is 11.9 Å². The third kappa shape index (κ3) is 2.63. The van der Waals surface area contributed by atoms with Gasteiger partial charge in [-0.3, -0.25) is 4.79 Å². The van der Waals surface area contributed by atoms with Gasteiger partial charge in [0.15, 0.2) is 5.78 Å². The van der Waals surface area contributed by atoms with Crippen LogP contribution in [0.2, 0.25) is 0 Å². The van der Waals surface area contributed by atoms with E-state index >= 15 is 0 Å². The molecule has 4 rings (SSSR count). The van der Waals surface area contributed by atoms with Crippen LogP contribution in [0.3, 0.4) is 0 Å². The fraction of sp³-hybridized carbons (Fsp3) is 0.812. The molecule has 1 saturated heterocycles. The number of hydrogen-bond acceptors (Lipinski definition) is 4. The predicted octanol–water partition coefficient (Wildman–Crippen LogP) is 2.21. The number of ketones is 1. The maximum absolute atomic E-state index is 12.4. The van der Waals surface area contributed by atoms with Crippen molar-refractivity contribution >= 4 is 5.78 Å². The molecule has 0 radical (unpaired) electrons. The Bertz CT molecular complexity index is 520. The maximum atomic E-state index is 12.4. The molecular formula is C16H24N4O. The fourth-order valence-corrected chi connectivity index (χ4v) is 4.62. The van der Waals surface area contributed by atoms with Gasteiger partial charge >= 0.3 is 0 Å². The van der Waals surface area contributed by atoms with E-state index in [-0.39, 0.29) is 5.78 Å². The Labute approximate surface area is 125 Å². The van der Waals surface area contributed by atoms with Crippen molar-refractivity contribution in [1.82, 2.24) is 20.3 Å². The van der Waals surface area contributed by atoms with Crippen LogP contribution in [-0.4, -0.2) is 33.9 Å². The second-order valence-corrected chi connectivity index (χ2v) is 7.13. The van der Waals surface area contributed by atoms with Gasteiger partial charge in [0, 0.05) is 6.42 Å². The van der Waals surface area contributed by atoms with Crippen molar-refractivity contribution in [2.24, 2.45) is 17.8 Å². The van der Waals surface area contributed by atoms with Crippen molar-refractivity contribution in [3.8, 4) is 0 Å². The molecule has 0 spiro atoms. The predicted molar refractivity (Wildman–Crippen MR) is 79.0 cm³/mol. The van der Waals surface area contributed by atoms with Crippen molar-refractivity contribution < 1.29 is 4.79 Å². The standard InChI is InChI=1S/C16H24N4O/c21-16(9-13-8-11-1-2-12(13)7-11)15-10-20(19-18-15)14-3-5-17-6-4-14/h10-14,17H,1-9H2. The Morgan fingerprint density at radius 3 is 2.81 bits per heavy atom. The quantitative estimate of drug-likeness (QED) is 0.863. The molecule has 1 N–H and O–H groups in total. The molecule has 5 nitrogen and oxygen atoms in total. The van der Waals surface area contributed by atoms with Gasteiger partial charge < -0.3 is 5.32 Å². The van der Waals surface area contributed by atoms with Crippen LogP contribution >= 0.6 is 0 Å². The minimum Gasteiger partial charge on any atom is -0.317 e. The summed E-state index contributed by atoms with van der Waals surface area (Å²) in [6.45, 7) is 2.05. The molecule has 1 aromatic heterocycles. The number of hydrogen-bond donors (Lipinski definition) is 1. The molecule has 2 saturated carbocycles. The number of nitrogens with one attached hydrogen (secondary N) is 1. The Morgan fingerprint density at radius 2 is 2.10 bits per heavy atom. The zero-order chi connectivity index (χ0) is 14.2. The van der Waals surface area contributed by atoms with Crippen molar-refractivity contribution in [1.29, 1.82) is 0 Å². The molecule has 2 bridgehead atoms. The van der Waals surface area contributed by atoms with Crippen LogP contribution in [0.1, 0.15) is 61.5 Å². The number of carbonyl (C=O) groups is 1. The summed E-state index contributed by atoms with van der Waals surface area (Å²) >= 11 is 0. The zero-order valence-corrected chi connectivity index (χ0v) is 12.5. The van der Waals surface area contributed by atoms with Gasteiger partial charge in [-0.25, -0.2) is 4.68 Å². The Balaban J connectivity index is 1.39. The normalized spacial score (nSPS) is 32.7. The van der Waals surface area contributed by atoms with Gasteiger partial charge in [0.25, 0.3) is 0 Å². The van der Waals surface area contributed by atoms with Crippen LogP contribution in [0.4, 0.5) is 0 Å². The molecule has 3 unspecified atom stereocenters. The zero-order valence-electron chi connectivity index (χ0n) is 12.5. The van der Waals surface area contributed by atoms with Gasteiger partial charge in [-0.05, 0) is 62.9 Å². The van der Waals surface area contributed by atoms with Crippen LogP contribution in [0, 0.1) is 17.8 Å². The molecular weight excluding hydrogens is 264 g/mol. The lowest BCUT2D eigenvalue weighted by atomic mass is 9.85. The van der Waals surface area contributed by atoms with E-state index in [1.54, 1.807) is 0 Å². The molecule has 3 atom stereocenters. The minimum absolute atomic E-state index is 0.202. The third-order valence-electron chi connectivity index (χ3n) is 5.81. The molecule has 0 amide bonds. The van der Waals surface area contributed by atoms with E-state index in [4.69, 9.17) is 0 Å². The fourth-order valence-electron chi connectivity index (χ4n) is 4.62. The van der Waals surface area contributed by atoms with Gasteiger partial charge in [0.2, 0.25) is 0 Å². The van der Waals surface area contributed by atoms with E-state index in [1.165, 1.54) is 25.7 Å². The van der Waals surface area contributed by atoms with Crippen LogP contribution in [0.25, 0.3) is 0 Å². The molecule has 2 heterocycles. The number of carbonyl (C=O) groups excluding carboxylic acids is 1. The van der Waals surface area contributed by atoms with E-state index < -0.39 is 0 Å². The van der Waals surface area contributed by atoms with E-state index in [2.05, 4.69) is 15.6 Å². The first kappa shape index (κ1) is 13.4. The lowest BCUT2D eigenvalue weighted by molar-refractivity contribution is 0.0939. The summed E-state index contributed by atoms with van der Waals surface area (Å²) in [4.78, 5) is 12.4. The first-order valence-electron chi connectivity index (χ1n) is 8.45. The molecule has 1 aromatic rings. The van der Waals surface area contributed by atoms with E-state index in [1.807, 2.05) is 10.9 Å². The van der Waals surface area contributed by atoms with Gasteiger partial charge in [0.05, 0.1) is 12.2 Å². The molecule has 5 heteroatoms. The molecule has 0 aromatic carbocycles. The third-order valence-corrected chi connectivity index (χ3v) is 5.81. The first-order valence-corrected chi connectivity index (χ1v) is 8.45. The summed E-state index contributed by atoms with van der Waals surface area (Å²) < 4.78 is 1.91. The number of nitrogens with zero attached hydrogens (tertiary/aromatic N) is 3. The Hall–Kier alpha value is -1.23. The maximum Gasteiger partial charge on any atom is 0.185 e. The Kier molecular flexibility index (Phi) is 3.53. The summed E-state index contributed by atoms with van der Waals surface area (Å²) in [5.74, 6) is 2.52. The number of Topliss-reactive ketones (excluding diaryl/α,β-unsaturated/α-hetero) is 1. The molecule has 1 aliphatic heterocycles. The molecule has 114 valence electrons. The summed E-state index contributed by atoms with van der Waals surface area (Å²) in [5.41, 5.74) is 0.580. The highest BCUT2D eigenvalue weighted by molar-refractivity contribution is 5.94. The lowest BCUT2D eigenvalue weighted by Crippen LogP contribution is -2.29. The summed E-state index contributed by atoms with van der Waals surface area (Å²) in [5, 5.41) is 11.7. The highest BCUT2D eigenvalue weighted by atomic mass is 16.1. The van der Waals surface area contributed by atoms with Crippen LogP contribution in [-0.2, 0) is 0 Å². The average molecular weight is 288 g/mol. The van der Waals surface area contributed by atoms with Crippen molar-refractivity contribution in [2.45, 2.75) is 51.0 Å². The number of piperidine rings is 1.